The topological polar surface area (TPSA) is 83.3 Å². The Morgan fingerprint density at radius 2 is 1.97 bits per heavy atom. The Bertz CT molecular complexity index is 1320. The number of hydrogen-bond donors (Lipinski definition) is 2. The molecule has 0 aromatic carbocycles. The van der Waals surface area contributed by atoms with Crippen molar-refractivity contribution in [2.24, 2.45) is 0 Å². The van der Waals surface area contributed by atoms with Crippen molar-refractivity contribution in [3.05, 3.63) is 83.6 Å². The third kappa shape index (κ3) is 4.24. The summed E-state index contributed by atoms with van der Waals surface area (Å²) >= 11 is 0. The molecule has 1 fully saturated rings. The van der Waals surface area contributed by atoms with E-state index in [1.165, 1.54) is 11.1 Å². The molecule has 4 aromatic rings. The van der Waals surface area contributed by atoms with Crippen LogP contribution in [0.25, 0.3) is 11.1 Å². The van der Waals surface area contributed by atoms with Crippen molar-refractivity contribution < 1.29 is 0 Å². The van der Waals surface area contributed by atoms with Crippen LogP contribution in [-0.4, -0.2) is 50.7 Å². The average Bonchev–Trinajstić information content (AvgIpc) is 3.27. The summed E-state index contributed by atoms with van der Waals surface area (Å²) in [6, 6.07) is 10.6. The highest BCUT2D eigenvalue weighted by atomic mass is 15.2. The number of allylic oxidation sites excluding steroid dienone is 1. The van der Waals surface area contributed by atoms with Crippen LogP contribution in [0.15, 0.2) is 61.2 Å². The summed E-state index contributed by atoms with van der Waals surface area (Å²) in [5, 5.41) is 11.1. The first-order valence-electron chi connectivity index (χ1n) is 12.0. The molecule has 6 rings (SSSR count). The summed E-state index contributed by atoms with van der Waals surface area (Å²) in [4.78, 5) is 16.5. The minimum Gasteiger partial charge on any atom is -0.354 e. The fourth-order valence-corrected chi connectivity index (χ4v) is 4.69. The highest BCUT2D eigenvalue weighted by Crippen LogP contribution is 2.30. The lowest BCUT2D eigenvalue weighted by molar-refractivity contribution is 0.585. The molecule has 4 aromatic heterocycles. The Labute approximate surface area is 198 Å². The van der Waals surface area contributed by atoms with Gasteiger partial charge in [-0.1, -0.05) is 12.1 Å². The van der Waals surface area contributed by atoms with E-state index in [4.69, 9.17) is 4.98 Å². The molecule has 2 N–H and O–H groups in total. The zero-order valence-corrected chi connectivity index (χ0v) is 19.1. The van der Waals surface area contributed by atoms with Crippen molar-refractivity contribution in [2.75, 3.05) is 36.4 Å². The van der Waals surface area contributed by atoms with Crippen molar-refractivity contribution in [3.8, 4) is 0 Å². The Morgan fingerprint density at radius 1 is 1.03 bits per heavy atom. The van der Waals surface area contributed by atoms with E-state index in [2.05, 4.69) is 60.9 Å². The second-order valence-corrected chi connectivity index (χ2v) is 8.80. The molecular formula is C26H28N8. The smallest absolute Gasteiger partial charge is 0.223 e. The van der Waals surface area contributed by atoms with Crippen molar-refractivity contribution >= 4 is 22.9 Å². The normalized spacial score (nSPS) is 16.1. The number of fused-ring (bicyclic) bond motifs is 2. The van der Waals surface area contributed by atoms with Gasteiger partial charge in [0.15, 0.2) is 0 Å². The summed E-state index contributed by atoms with van der Waals surface area (Å²) in [5.41, 5.74) is 6.80. The van der Waals surface area contributed by atoms with Gasteiger partial charge in [0, 0.05) is 63.1 Å². The summed E-state index contributed by atoms with van der Waals surface area (Å²) in [7, 11) is 0. The Morgan fingerprint density at radius 3 is 2.85 bits per heavy atom. The monoisotopic (exact) mass is 452 g/mol. The zero-order valence-electron chi connectivity index (χ0n) is 19.1. The van der Waals surface area contributed by atoms with Crippen LogP contribution in [0.4, 0.5) is 11.8 Å². The maximum atomic E-state index is 4.89. The van der Waals surface area contributed by atoms with Gasteiger partial charge in [0.2, 0.25) is 5.95 Å². The van der Waals surface area contributed by atoms with Crippen molar-refractivity contribution in [1.29, 1.82) is 0 Å². The second-order valence-electron chi connectivity index (χ2n) is 8.80. The van der Waals surface area contributed by atoms with E-state index < -0.39 is 0 Å². The van der Waals surface area contributed by atoms with Crippen LogP contribution in [0.2, 0.25) is 0 Å². The van der Waals surface area contributed by atoms with Gasteiger partial charge in [-0.15, -0.1) is 0 Å². The largest absolute Gasteiger partial charge is 0.354 e. The van der Waals surface area contributed by atoms with Crippen LogP contribution < -0.4 is 15.5 Å². The molecule has 172 valence electrons. The minimum atomic E-state index is 0.647. The molecule has 0 radical (unpaired) electrons. The summed E-state index contributed by atoms with van der Waals surface area (Å²) in [5.74, 6) is 1.71. The molecule has 0 amide bonds. The number of aromatic nitrogens is 5. The number of rotatable bonds is 5. The van der Waals surface area contributed by atoms with E-state index >= 15 is 0 Å². The van der Waals surface area contributed by atoms with E-state index in [0.717, 1.165) is 73.6 Å². The lowest BCUT2D eigenvalue weighted by Gasteiger charge is -2.28. The maximum absolute atomic E-state index is 4.89. The number of piperazine rings is 1. The van der Waals surface area contributed by atoms with E-state index in [1.54, 1.807) is 0 Å². The van der Waals surface area contributed by atoms with Crippen LogP contribution in [0, 0.1) is 0 Å². The fourth-order valence-electron chi connectivity index (χ4n) is 4.69. The molecule has 34 heavy (non-hydrogen) atoms. The Kier molecular flexibility index (Phi) is 5.64. The lowest BCUT2D eigenvalue weighted by atomic mass is 9.98. The van der Waals surface area contributed by atoms with Crippen LogP contribution >= 0.6 is 0 Å². The first kappa shape index (κ1) is 20.8. The standard InChI is InChI=1S/C26H28N8/c1-2-4-24-23(22(3-1)20-8-12-34-21(15-20)7-9-31-34)18-30-26(32-24)29-17-19-5-6-25(28-16-19)33-13-10-27-11-14-33/h3,5-9,12,15-16,18,27H,1-2,4,10-11,13-14,17H2,(H,29,30,32). The first-order chi connectivity index (χ1) is 16.8. The molecule has 8 heteroatoms. The van der Waals surface area contributed by atoms with E-state index in [9.17, 15) is 0 Å². The van der Waals surface area contributed by atoms with E-state index in [1.807, 2.05) is 35.4 Å². The number of nitrogens with one attached hydrogen (secondary N) is 2. The molecule has 1 aliphatic carbocycles. The summed E-state index contributed by atoms with van der Waals surface area (Å²) < 4.78 is 1.89. The molecule has 1 saturated heterocycles. The number of hydrogen-bond acceptors (Lipinski definition) is 7. The van der Waals surface area contributed by atoms with Crippen LogP contribution in [0.1, 0.15) is 35.2 Å². The summed E-state index contributed by atoms with van der Waals surface area (Å²) in [6.07, 6.45) is 13.1. The molecule has 0 atom stereocenters. The van der Waals surface area contributed by atoms with E-state index in [-0.39, 0.29) is 0 Å². The SMILES string of the molecule is C1=C(c2ccn3nccc3c2)c2cnc(NCc3ccc(N4CCNCC4)nc3)nc2CCC1. The molecule has 0 saturated carbocycles. The van der Waals surface area contributed by atoms with E-state index in [0.29, 0.717) is 12.5 Å². The quantitative estimate of drug-likeness (QED) is 0.481. The van der Waals surface area contributed by atoms with Crippen molar-refractivity contribution in [3.63, 3.8) is 0 Å². The van der Waals surface area contributed by atoms with Crippen molar-refractivity contribution in [1.82, 2.24) is 29.9 Å². The molecule has 2 aliphatic rings. The minimum absolute atomic E-state index is 0.647. The number of pyridine rings is 2. The van der Waals surface area contributed by atoms with Gasteiger partial charge in [-0.2, -0.15) is 5.10 Å². The van der Waals surface area contributed by atoms with Gasteiger partial charge in [-0.3, -0.25) is 0 Å². The Hall–Kier alpha value is -3.78. The molecule has 0 bridgehead atoms. The van der Waals surface area contributed by atoms with Gasteiger partial charge in [-0.05, 0) is 60.2 Å². The predicted molar refractivity (Wildman–Crippen MR) is 134 cm³/mol. The summed E-state index contributed by atoms with van der Waals surface area (Å²) in [6.45, 7) is 4.67. The average molecular weight is 453 g/mol. The van der Waals surface area contributed by atoms with Gasteiger partial charge in [0.1, 0.15) is 5.82 Å². The molecular weight excluding hydrogens is 424 g/mol. The number of aryl methyl sites for hydroxylation is 1. The van der Waals surface area contributed by atoms with Crippen LogP contribution in [-0.2, 0) is 13.0 Å². The van der Waals surface area contributed by atoms with Gasteiger partial charge in [0.05, 0.1) is 11.2 Å². The van der Waals surface area contributed by atoms with Crippen LogP contribution in [0.3, 0.4) is 0 Å². The van der Waals surface area contributed by atoms with Gasteiger partial charge in [0.25, 0.3) is 0 Å². The molecule has 0 spiro atoms. The number of anilines is 2. The molecule has 0 unspecified atom stereocenters. The molecule has 1 aliphatic heterocycles. The van der Waals surface area contributed by atoms with Crippen molar-refractivity contribution in [2.45, 2.75) is 25.8 Å². The Balaban J connectivity index is 1.18. The second kappa shape index (κ2) is 9.23. The third-order valence-corrected chi connectivity index (χ3v) is 6.54. The zero-order chi connectivity index (χ0) is 22.7. The molecule has 5 heterocycles. The first-order valence-corrected chi connectivity index (χ1v) is 12.0. The predicted octanol–water partition coefficient (Wildman–Crippen LogP) is 3.31. The third-order valence-electron chi connectivity index (χ3n) is 6.54. The number of nitrogens with zero attached hydrogens (tertiary/aromatic N) is 6. The highest BCUT2D eigenvalue weighted by Gasteiger charge is 2.17. The van der Waals surface area contributed by atoms with Crippen LogP contribution in [0.5, 0.6) is 0 Å². The fraction of sp³-hybridized carbons (Fsp3) is 0.308. The maximum Gasteiger partial charge on any atom is 0.223 e. The van der Waals surface area contributed by atoms with Gasteiger partial charge >= 0.3 is 0 Å². The molecule has 8 nitrogen and oxygen atoms in total. The highest BCUT2D eigenvalue weighted by molar-refractivity contribution is 5.82. The van der Waals surface area contributed by atoms with Gasteiger partial charge < -0.3 is 15.5 Å². The lowest BCUT2D eigenvalue weighted by Crippen LogP contribution is -2.43. The van der Waals surface area contributed by atoms with Gasteiger partial charge in [-0.25, -0.2) is 19.5 Å².